The molecule has 0 spiro atoms. The van der Waals surface area contributed by atoms with Crippen LogP contribution in [0.3, 0.4) is 0 Å². The van der Waals surface area contributed by atoms with E-state index < -0.39 is 5.60 Å². The van der Waals surface area contributed by atoms with E-state index in [0.717, 1.165) is 13.1 Å². The van der Waals surface area contributed by atoms with Crippen LogP contribution >= 0.6 is 0 Å². The first-order valence-electron chi connectivity index (χ1n) is 4.51. The monoisotopic (exact) mass is 187 g/mol. The highest BCUT2D eigenvalue weighted by Gasteiger charge is 2.21. The van der Waals surface area contributed by atoms with Crippen molar-refractivity contribution in [2.24, 2.45) is 0 Å². The molecule has 0 bridgehead atoms. The standard InChI is InChI=1S/C9H17NO3/c1-9(2,3)13-8(11)6-12-7-4-10-5-7/h7,10H,4-6H2,1-3H3. The van der Waals surface area contributed by atoms with E-state index in [1.807, 2.05) is 20.8 Å². The van der Waals surface area contributed by atoms with Gasteiger partial charge >= 0.3 is 5.97 Å². The van der Waals surface area contributed by atoms with E-state index in [4.69, 9.17) is 9.47 Å². The van der Waals surface area contributed by atoms with Gasteiger partial charge in [-0.15, -0.1) is 0 Å². The van der Waals surface area contributed by atoms with E-state index in [0.29, 0.717) is 0 Å². The smallest absolute Gasteiger partial charge is 0.332 e. The van der Waals surface area contributed by atoms with Crippen molar-refractivity contribution in [2.75, 3.05) is 19.7 Å². The van der Waals surface area contributed by atoms with Crippen LogP contribution in [0.5, 0.6) is 0 Å². The molecule has 0 aromatic carbocycles. The Kier molecular flexibility index (Phi) is 3.27. The Morgan fingerprint density at radius 2 is 2.08 bits per heavy atom. The number of hydrogen-bond donors (Lipinski definition) is 1. The van der Waals surface area contributed by atoms with Gasteiger partial charge in [0.05, 0.1) is 6.10 Å². The van der Waals surface area contributed by atoms with Crippen molar-refractivity contribution in [2.45, 2.75) is 32.5 Å². The molecule has 0 unspecified atom stereocenters. The third-order valence-electron chi connectivity index (χ3n) is 1.60. The van der Waals surface area contributed by atoms with Gasteiger partial charge in [-0.25, -0.2) is 4.79 Å². The quantitative estimate of drug-likeness (QED) is 0.646. The van der Waals surface area contributed by atoms with Gasteiger partial charge in [-0.2, -0.15) is 0 Å². The Bertz CT molecular complexity index is 182. The average molecular weight is 187 g/mol. The summed E-state index contributed by atoms with van der Waals surface area (Å²) in [6.45, 7) is 7.26. The van der Waals surface area contributed by atoms with Crippen LogP contribution in [0.25, 0.3) is 0 Å². The molecule has 1 N–H and O–H groups in total. The van der Waals surface area contributed by atoms with Gasteiger partial charge in [-0.05, 0) is 20.8 Å². The van der Waals surface area contributed by atoms with Gasteiger partial charge < -0.3 is 14.8 Å². The lowest BCUT2D eigenvalue weighted by molar-refractivity contribution is -0.163. The van der Waals surface area contributed by atoms with Gasteiger partial charge in [-0.3, -0.25) is 0 Å². The predicted octanol–water partition coefficient (Wildman–Crippen LogP) is 0.316. The Balaban J connectivity index is 2.10. The van der Waals surface area contributed by atoms with Crippen LogP contribution in [0.1, 0.15) is 20.8 Å². The fourth-order valence-electron chi connectivity index (χ4n) is 0.937. The molecule has 0 saturated carbocycles. The molecule has 76 valence electrons. The molecule has 4 heteroatoms. The molecule has 1 aliphatic heterocycles. The maximum Gasteiger partial charge on any atom is 0.332 e. The molecule has 1 rings (SSSR count). The second kappa shape index (κ2) is 4.07. The molecule has 0 atom stereocenters. The first kappa shape index (κ1) is 10.5. The predicted molar refractivity (Wildman–Crippen MR) is 48.5 cm³/mol. The van der Waals surface area contributed by atoms with Crippen molar-refractivity contribution in [1.82, 2.24) is 5.32 Å². The van der Waals surface area contributed by atoms with Crippen LogP contribution in [0, 0.1) is 0 Å². The van der Waals surface area contributed by atoms with Crippen LogP contribution in [0.15, 0.2) is 0 Å². The Morgan fingerprint density at radius 3 is 2.46 bits per heavy atom. The molecular weight excluding hydrogens is 170 g/mol. The van der Waals surface area contributed by atoms with Crippen LogP contribution in [0.2, 0.25) is 0 Å². The summed E-state index contributed by atoms with van der Waals surface area (Å²) in [4.78, 5) is 11.1. The SMILES string of the molecule is CC(C)(C)OC(=O)COC1CNC1. The normalized spacial score (nSPS) is 18.1. The van der Waals surface area contributed by atoms with Gasteiger partial charge in [0.1, 0.15) is 12.2 Å². The third-order valence-corrected chi connectivity index (χ3v) is 1.60. The average Bonchev–Trinajstić information content (AvgIpc) is 1.78. The second-order valence-corrected chi connectivity index (χ2v) is 4.18. The third kappa shape index (κ3) is 4.24. The van der Waals surface area contributed by atoms with Crippen molar-refractivity contribution in [1.29, 1.82) is 0 Å². The molecule has 0 aliphatic carbocycles. The topological polar surface area (TPSA) is 47.6 Å². The summed E-state index contributed by atoms with van der Waals surface area (Å²) in [6, 6.07) is 0. The number of nitrogens with one attached hydrogen (secondary N) is 1. The minimum absolute atomic E-state index is 0.0591. The highest BCUT2D eigenvalue weighted by molar-refractivity contribution is 5.71. The Labute approximate surface area is 78.6 Å². The largest absolute Gasteiger partial charge is 0.458 e. The molecule has 1 aliphatic rings. The number of rotatable bonds is 3. The van der Waals surface area contributed by atoms with E-state index in [-0.39, 0.29) is 18.7 Å². The molecule has 0 radical (unpaired) electrons. The fourth-order valence-corrected chi connectivity index (χ4v) is 0.937. The molecule has 1 fully saturated rings. The molecule has 4 nitrogen and oxygen atoms in total. The number of carbonyl (C=O) groups is 1. The van der Waals surface area contributed by atoms with E-state index in [1.54, 1.807) is 0 Å². The van der Waals surface area contributed by atoms with Gasteiger partial charge in [-0.1, -0.05) is 0 Å². The lowest BCUT2D eigenvalue weighted by Crippen LogP contribution is -2.49. The summed E-state index contributed by atoms with van der Waals surface area (Å²) in [7, 11) is 0. The van der Waals surface area contributed by atoms with Crippen LogP contribution in [-0.2, 0) is 14.3 Å². The number of ether oxygens (including phenoxy) is 2. The summed E-state index contributed by atoms with van der Waals surface area (Å²) in [5.74, 6) is -0.292. The molecule has 0 amide bonds. The van der Waals surface area contributed by atoms with Crippen molar-refractivity contribution in [3.05, 3.63) is 0 Å². The molecule has 1 saturated heterocycles. The Hall–Kier alpha value is -0.610. The summed E-state index contributed by atoms with van der Waals surface area (Å²) < 4.78 is 10.3. The number of hydrogen-bond acceptors (Lipinski definition) is 4. The lowest BCUT2D eigenvalue weighted by atomic mass is 10.2. The lowest BCUT2D eigenvalue weighted by Gasteiger charge is -2.27. The molecular formula is C9H17NO3. The van der Waals surface area contributed by atoms with Crippen molar-refractivity contribution in [3.8, 4) is 0 Å². The van der Waals surface area contributed by atoms with E-state index in [1.165, 1.54) is 0 Å². The molecule has 0 aromatic rings. The van der Waals surface area contributed by atoms with Gasteiger partial charge in [0.2, 0.25) is 0 Å². The maximum absolute atomic E-state index is 11.1. The van der Waals surface area contributed by atoms with Crippen LogP contribution in [0.4, 0.5) is 0 Å². The van der Waals surface area contributed by atoms with Gasteiger partial charge in [0.15, 0.2) is 0 Å². The van der Waals surface area contributed by atoms with E-state index in [2.05, 4.69) is 5.32 Å². The first-order valence-corrected chi connectivity index (χ1v) is 4.51. The zero-order chi connectivity index (χ0) is 9.90. The molecule has 1 heterocycles. The van der Waals surface area contributed by atoms with E-state index >= 15 is 0 Å². The summed E-state index contributed by atoms with van der Waals surface area (Å²) >= 11 is 0. The minimum atomic E-state index is -0.418. The van der Waals surface area contributed by atoms with Crippen molar-refractivity contribution >= 4 is 5.97 Å². The Morgan fingerprint density at radius 1 is 1.46 bits per heavy atom. The molecule has 0 aromatic heterocycles. The summed E-state index contributed by atoms with van der Waals surface area (Å²) in [6.07, 6.45) is 0.188. The van der Waals surface area contributed by atoms with E-state index in [9.17, 15) is 4.79 Å². The number of esters is 1. The number of carbonyl (C=O) groups excluding carboxylic acids is 1. The summed E-state index contributed by atoms with van der Waals surface area (Å²) in [5.41, 5.74) is -0.418. The highest BCUT2D eigenvalue weighted by Crippen LogP contribution is 2.07. The maximum atomic E-state index is 11.1. The van der Waals surface area contributed by atoms with Crippen LogP contribution in [-0.4, -0.2) is 37.4 Å². The highest BCUT2D eigenvalue weighted by atomic mass is 16.6. The first-order chi connectivity index (χ1) is 5.97. The van der Waals surface area contributed by atoms with Gasteiger partial charge in [0, 0.05) is 13.1 Å². The zero-order valence-corrected chi connectivity index (χ0v) is 8.42. The fraction of sp³-hybridized carbons (Fsp3) is 0.889. The molecule has 13 heavy (non-hydrogen) atoms. The van der Waals surface area contributed by atoms with Crippen molar-refractivity contribution in [3.63, 3.8) is 0 Å². The van der Waals surface area contributed by atoms with Gasteiger partial charge in [0.25, 0.3) is 0 Å². The second-order valence-electron chi connectivity index (χ2n) is 4.18. The van der Waals surface area contributed by atoms with Crippen molar-refractivity contribution < 1.29 is 14.3 Å². The minimum Gasteiger partial charge on any atom is -0.458 e. The zero-order valence-electron chi connectivity index (χ0n) is 8.42. The van der Waals surface area contributed by atoms with Crippen LogP contribution < -0.4 is 5.32 Å². The summed E-state index contributed by atoms with van der Waals surface area (Å²) in [5, 5.41) is 3.06.